The normalized spacial score (nSPS) is 15.4. The fraction of sp³-hybridized carbons (Fsp3) is 0.267. The average Bonchev–Trinajstić information content (AvgIpc) is 2.72. The molecule has 1 aromatic carbocycles. The average molecular weight is 289 g/mol. The highest BCUT2D eigenvalue weighted by atomic mass is 32.2. The van der Waals surface area contributed by atoms with Crippen LogP contribution >= 0.6 is 0 Å². The van der Waals surface area contributed by atoms with Gasteiger partial charge in [0.15, 0.2) is 11.5 Å². The Kier molecular flexibility index (Phi) is 3.97. The van der Waals surface area contributed by atoms with E-state index >= 15 is 0 Å². The molecule has 1 aliphatic heterocycles. The lowest BCUT2D eigenvalue weighted by Gasteiger charge is -2.09. The lowest BCUT2D eigenvalue weighted by molar-refractivity contribution is 0.297. The summed E-state index contributed by atoms with van der Waals surface area (Å²) in [6, 6.07) is 11.1. The van der Waals surface area contributed by atoms with E-state index in [-0.39, 0.29) is 0 Å². The number of hydrogen-bond donors (Lipinski definition) is 0. The smallest absolute Gasteiger partial charge is 0.162 e. The Bertz CT molecular complexity index is 616. The number of rotatable bonds is 3. The largest absolute Gasteiger partial charge is 0.490 e. The highest BCUT2D eigenvalue weighted by Gasteiger charge is 2.13. The van der Waals surface area contributed by atoms with E-state index in [1.807, 2.05) is 30.3 Å². The minimum Gasteiger partial charge on any atom is -0.490 e. The van der Waals surface area contributed by atoms with Gasteiger partial charge in [-0.15, -0.1) is 0 Å². The standard InChI is InChI=1S/C15H15NO3S/c17-20(11-12-4-1-2-7-16-12)13-5-6-14-15(10-13)19-9-3-8-18-14/h1-2,4-7,10H,3,8-9,11H2. The lowest BCUT2D eigenvalue weighted by atomic mass is 10.3. The second-order valence-corrected chi connectivity index (χ2v) is 5.92. The first-order chi connectivity index (χ1) is 9.83. The maximum absolute atomic E-state index is 12.4. The van der Waals surface area contributed by atoms with Gasteiger partial charge in [0.05, 0.1) is 35.5 Å². The molecule has 0 spiro atoms. The summed E-state index contributed by atoms with van der Waals surface area (Å²) in [5.41, 5.74) is 0.818. The second kappa shape index (κ2) is 6.05. The van der Waals surface area contributed by atoms with Crippen molar-refractivity contribution >= 4 is 10.8 Å². The highest BCUT2D eigenvalue weighted by Crippen LogP contribution is 2.31. The SMILES string of the molecule is O=S(Cc1ccccn1)c1ccc2c(c1)OCCCO2. The van der Waals surface area contributed by atoms with Crippen LogP contribution in [0.4, 0.5) is 0 Å². The van der Waals surface area contributed by atoms with Gasteiger partial charge < -0.3 is 9.47 Å². The molecular weight excluding hydrogens is 274 g/mol. The maximum atomic E-state index is 12.4. The molecule has 0 saturated carbocycles. The van der Waals surface area contributed by atoms with Crippen LogP contribution in [0.15, 0.2) is 47.5 Å². The van der Waals surface area contributed by atoms with Crippen LogP contribution < -0.4 is 9.47 Å². The third-order valence-corrected chi connectivity index (χ3v) is 4.32. The molecule has 0 saturated heterocycles. The molecule has 2 aromatic rings. The molecule has 3 rings (SSSR count). The molecule has 1 atom stereocenters. The number of ether oxygens (including phenoxy) is 2. The van der Waals surface area contributed by atoms with Gasteiger partial charge in [-0.05, 0) is 24.3 Å². The summed E-state index contributed by atoms with van der Waals surface area (Å²) in [6.07, 6.45) is 2.57. The van der Waals surface area contributed by atoms with Gasteiger partial charge in [-0.1, -0.05) is 6.07 Å². The zero-order valence-corrected chi connectivity index (χ0v) is 11.8. The fourth-order valence-corrected chi connectivity index (χ4v) is 3.05. The predicted molar refractivity (Wildman–Crippen MR) is 76.4 cm³/mol. The van der Waals surface area contributed by atoms with Gasteiger partial charge in [-0.25, -0.2) is 0 Å². The van der Waals surface area contributed by atoms with Crippen molar-refractivity contribution in [2.45, 2.75) is 17.1 Å². The van der Waals surface area contributed by atoms with Crippen LogP contribution in [-0.4, -0.2) is 22.4 Å². The van der Waals surface area contributed by atoms with Gasteiger partial charge in [0.1, 0.15) is 0 Å². The zero-order valence-electron chi connectivity index (χ0n) is 11.0. The molecule has 5 heteroatoms. The molecule has 104 valence electrons. The van der Waals surface area contributed by atoms with Gasteiger partial charge >= 0.3 is 0 Å². The summed E-state index contributed by atoms with van der Waals surface area (Å²) in [6.45, 7) is 1.28. The molecule has 1 aromatic heterocycles. The molecule has 0 bridgehead atoms. The van der Waals surface area contributed by atoms with Crippen molar-refractivity contribution in [3.63, 3.8) is 0 Å². The van der Waals surface area contributed by atoms with E-state index in [2.05, 4.69) is 4.98 Å². The van der Waals surface area contributed by atoms with Crippen LogP contribution in [0.3, 0.4) is 0 Å². The van der Waals surface area contributed by atoms with E-state index in [1.165, 1.54) is 0 Å². The monoisotopic (exact) mass is 289 g/mol. The second-order valence-electron chi connectivity index (χ2n) is 4.47. The number of aromatic nitrogens is 1. The van der Waals surface area contributed by atoms with Crippen LogP contribution in [0.25, 0.3) is 0 Å². The third-order valence-electron chi connectivity index (χ3n) is 2.99. The summed E-state index contributed by atoms with van der Waals surface area (Å²) >= 11 is 0. The molecule has 1 aliphatic rings. The Labute approximate surface area is 120 Å². The highest BCUT2D eigenvalue weighted by molar-refractivity contribution is 7.84. The van der Waals surface area contributed by atoms with Crippen LogP contribution in [-0.2, 0) is 16.6 Å². The number of hydrogen-bond acceptors (Lipinski definition) is 4. The quantitative estimate of drug-likeness (QED) is 0.871. The number of fused-ring (bicyclic) bond motifs is 1. The molecule has 4 nitrogen and oxygen atoms in total. The molecule has 0 aliphatic carbocycles. The summed E-state index contributed by atoms with van der Waals surface area (Å²) in [5, 5.41) is 0. The third kappa shape index (κ3) is 2.99. The molecule has 20 heavy (non-hydrogen) atoms. The lowest BCUT2D eigenvalue weighted by Crippen LogP contribution is -2.00. The Balaban J connectivity index is 1.80. The van der Waals surface area contributed by atoms with E-state index in [0.29, 0.717) is 24.7 Å². The number of pyridine rings is 1. The van der Waals surface area contributed by atoms with Crippen molar-refractivity contribution in [1.82, 2.24) is 4.98 Å². The minimum absolute atomic E-state index is 0.403. The van der Waals surface area contributed by atoms with Crippen molar-refractivity contribution in [1.29, 1.82) is 0 Å². The molecule has 0 amide bonds. The van der Waals surface area contributed by atoms with Crippen LogP contribution in [0.5, 0.6) is 11.5 Å². The Morgan fingerprint density at radius 2 is 1.95 bits per heavy atom. The molecule has 0 N–H and O–H groups in total. The van der Waals surface area contributed by atoms with Crippen LogP contribution in [0.2, 0.25) is 0 Å². The number of nitrogens with zero attached hydrogens (tertiary/aromatic N) is 1. The first kappa shape index (κ1) is 13.1. The van der Waals surface area contributed by atoms with E-state index in [0.717, 1.165) is 22.8 Å². The molecular formula is C15H15NO3S. The Morgan fingerprint density at radius 3 is 2.75 bits per heavy atom. The van der Waals surface area contributed by atoms with E-state index in [9.17, 15) is 4.21 Å². The Hall–Kier alpha value is -1.88. The van der Waals surface area contributed by atoms with Crippen molar-refractivity contribution in [2.75, 3.05) is 13.2 Å². The van der Waals surface area contributed by atoms with Gasteiger partial charge in [0, 0.05) is 23.6 Å². The van der Waals surface area contributed by atoms with Crippen molar-refractivity contribution in [2.24, 2.45) is 0 Å². The molecule has 2 heterocycles. The minimum atomic E-state index is -1.14. The van der Waals surface area contributed by atoms with Gasteiger partial charge in [-0.2, -0.15) is 0 Å². The first-order valence-electron chi connectivity index (χ1n) is 6.51. The molecule has 0 fully saturated rings. The van der Waals surface area contributed by atoms with E-state index in [1.54, 1.807) is 12.3 Å². The summed E-state index contributed by atoms with van der Waals surface area (Å²) < 4.78 is 23.5. The summed E-state index contributed by atoms with van der Waals surface area (Å²) in [4.78, 5) is 4.93. The van der Waals surface area contributed by atoms with Crippen LogP contribution in [0.1, 0.15) is 12.1 Å². The summed E-state index contributed by atoms with van der Waals surface area (Å²) in [5.74, 6) is 1.80. The van der Waals surface area contributed by atoms with Gasteiger partial charge in [0.25, 0.3) is 0 Å². The molecule has 1 unspecified atom stereocenters. The zero-order chi connectivity index (χ0) is 13.8. The maximum Gasteiger partial charge on any atom is 0.162 e. The number of benzene rings is 1. The first-order valence-corrected chi connectivity index (χ1v) is 7.83. The van der Waals surface area contributed by atoms with E-state index in [4.69, 9.17) is 9.47 Å². The molecule has 0 radical (unpaired) electrons. The van der Waals surface area contributed by atoms with E-state index < -0.39 is 10.8 Å². The van der Waals surface area contributed by atoms with Crippen molar-refractivity contribution < 1.29 is 13.7 Å². The van der Waals surface area contributed by atoms with Crippen LogP contribution in [0, 0.1) is 0 Å². The summed E-state index contributed by atoms with van der Waals surface area (Å²) in [7, 11) is -1.14. The van der Waals surface area contributed by atoms with Gasteiger partial charge in [-0.3, -0.25) is 9.19 Å². The fourth-order valence-electron chi connectivity index (χ4n) is 1.99. The van der Waals surface area contributed by atoms with Crippen molar-refractivity contribution in [3.8, 4) is 11.5 Å². The van der Waals surface area contributed by atoms with Crippen molar-refractivity contribution in [3.05, 3.63) is 48.3 Å². The Morgan fingerprint density at radius 1 is 1.10 bits per heavy atom. The topological polar surface area (TPSA) is 48.4 Å². The van der Waals surface area contributed by atoms with Gasteiger partial charge in [0.2, 0.25) is 0 Å². The predicted octanol–water partition coefficient (Wildman–Crippen LogP) is 2.55.